The number of benzene rings is 2. The molecule has 0 saturated heterocycles. The molecule has 0 bridgehead atoms. The molecule has 0 aliphatic carbocycles. The number of nitrogens with zero attached hydrogens (tertiary/aromatic N) is 1. The predicted molar refractivity (Wildman–Crippen MR) is 112 cm³/mol. The van der Waals surface area contributed by atoms with Gasteiger partial charge in [-0.2, -0.15) is 0 Å². The summed E-state index contributed by atoms with van der Waals surface area (Å²) < 4.78 is 11.8. The van der Waals surface area contributed by atoms with Crippen molar-refractivity contribution in [3.8, 4) is 0 Å². The van der Waals surface area contributed by atoms with Gasteiger partial charge in [-0.25, -0.2) is 14.6 Å². The average molecular weight is 452 g/mol. The van der Waals surface area contributed by atoms with E-state index >= 15 is 0 Å². The molecule has 0 fully saturated rings. The highest BCUT2D eigenvalue weighted by Crippen LogP contribution is 2.26. The molecule has 0 aliphatic heterocycles. The van der Waals surface area contributed by atoms with E-state index in [9.17, 15) is 9.59 Å². The molecule has 1 aromatic heterocycles. The van der Waals surface area contributed by atoms with Crippen molar-refractivity contribution < 1.29 is 19.1 Å². The van der Waals surface area contributed by atoms with Crippen molar-refractivity contribution >= 4 is 27.9 Å². The topological polar surface area (TPSA) is 65.5 Å². The summed E-state index contributed by atoms with van der Waals surface area (Å²) in [4.78, 5) is 29.6. The first kappa shape index (κ1) is 20.5. The molecule has 5 nitrogen and oxygen atoms in total. The van der Waals surface area contributed by atoms with Crippen LogP contribution in [0.4, 0.5) is 0 Å². The second-order valence-corrected chi connectivity index (χ2v) is 6.86. The SMILES string of the molecule is C=C[C@@H](OC(=O)c1ccccc1)[C@@H](OC(=O)c1ccccc1)c1cccc(Br)n1. The average Bonchev–Trinajstić information content (AvgIpc) is 2.77. The molecule has 29 heavy (non-hydrogen) atoms. The minimum absolute atomic E-state index is 0.379. The van der Waals surface area contributed by atoms with Gasteiger partial charge in [0.05, 0.1) is 16.8 Å². The van der Waals surface area contributed by atoms with E-state index in [0.717, 1.165) is 0 Å². The van der Waals surface area contributed by atoms with Crippen LogP contribution in [0.1, 0.15) is 32.5 Å². The zero-order valence-corrected chi connectivity index (χ0v) is 17.0. The quantitative estimate of drug-likeness (QED) is 0.282. The summed E-state index contributed by atoms with van der Waals surface area (Å²) >= 11 is 3.32. The Kier molecular flexibility index (Phi) is 6.92. The summed E-state index contributed by atoms with van der Waals surface area (Å²) in [5.41, 5.74) is 1.19. The van der Waals surface area contributed by atoms with Gasteiger partial charge in [0, 0.05) is 0 Å². The van der Waals surface area contributed by atoms with E-state index in [2.05, 4.69) is 27.5 Å². The van der Waals surface area contributed by atoms with E-state index in [-0.39, 0.29) is 0 Å². The standard InChI is InChI=1S/C23H18BrNO4/c1-2-19(28-22(26)16-10-5-3-6-11-16)21(18-14-9-15-20(24)25-18)29-23(27)17-12-7-4-8-13-17/h2-15,19,21H,1H2/t19-,21+/m1/s1. The van der Waals surface area contributed by atoms with E-state index in [1.807, 2.05) is 0 Å². The van der Waals surface area contributed by atoms with Gasteiger partial charge in [0.1, 0.15) is 4.60 Å². The molecule has 0 unspecified atom stereocenters. The van der Waals surface area contributed by atoms with Crippen molar-refractivity contribution in [3.05, 3.63) is 113 Å². The molecule has 0 radical (unpaired) electrons. The lowest BCUT2D eigenvalue weighted by Gasteiger charge is -2.24. The van der Waals surface area contributed by atoms with Gasteiger partial charge in [0.2, 0.25) is 0 Å². The molecular formula is C23H18BrNO4. The van der Waals surface area contributed by atoms with Gasteiger partial charge < -0.3 is 9.47 Å². The minimum atomic E-state index is -0.967. The predicted octanol–water partition coefficient (Wildman–Crippen LogP) is 5.15. The van der Waals surface area contributed by atoms with Crippen molar-refractivity contribution in [3.63, 3.8) is 0 Å². The molecule has 0 aliphatic rings. The zero-order chi connectivity index (χ0) is 20.6. The molecule has 0 N–H and O–H groups in total. The summed E-state index contributed by atoms with van der Waals surface area (Å²) in [7, 11) is 0. The van der Waals surface area contributed by atoms with Crippen LogP contribution in [-0.2, 0) is 9.47 Å². The van der Waals surface area contributed by atoms with Gasteiger partial charge in [-0.1, -0.05) is 49.0 Å². The number of ether oxygens (including phenoxy) is 2. The van der Waals surface area contributed by atoms with Crippen LogP contribution in [0.2, 0.25) is 0 Å². The monoisotopic (exact) mass is 451 g/mol. The third kappa shape index (κ3) is 5.39. The third-order valence-electron chi connectivity index (χ3n) is 4.05. The molecule has 0 spiro atoms. The van der Waals surface area contributed by atoms with Crippen LogP contribution in [0.3, 0.4) is 0 Å². The van der Waals surface area contributed by atoms with Crippen LogP contribution < -0.4 is 0 Å². The van der Waals surface area contributed by atoms with Crippen molar-refractivity contribution in [1.82, 2.24) is 4.98 Å². The van der Waals surface area contributed by atoms with E-state index in [1.54, 1.807) is 78.9 Å². The van der Waals surface area contributed by atoms with Gasteiger partial charge in [0.25, 0.3) is 0 Å². The van der Waals surface area contributed by atoms with Gasteiger partial charge in [-0.05, 0) is 58.4 Å². The Bertz CT molecular complexity index is 992. The fourth-order valence-corrected chi connectivity index (χ4v) is 2.99. The number of esters is 2. The number of carbonyl (C=O) groups is 2. The second kappa shape index (κ2) is 9.80. The zero-order valence-electron chi connectivity index (χ0n) is 15.4. The van der Waals surface area contributed by atoms with E-state index in [0.29, 0.717) is 21.4 Å². The van der Waals surface area contributed by atoms with Crippen LogP contribution in [0.25, 0.3) is 0 Å². The highest BCUT2D eigenvalue weighted by atomic mass is 79.9. The van der Waals surface area contributed by atoms with E-state index in [4.69, 9.17) is 9.47 Å². The van der Waals surface area contributed by atoms with Crippen molar-refractivity contribution in [2.45, 2.75) is 12.2 Å². The second-order valence-electron chi connectivity index (χ2n) is 6.05. The molecule has 6 heteroatoms. The highest BCUT2D eigenvalue weighted by molar-refractivity contribution is 9.10. The molecule has 1 heterocycles. The maximum absolute atomic E-state index is 12.7. The number of rotatable bonds is 7. The molecule has 2 atom stereocenters. The molecule has 3 rings (SSSR count). The number of carbonyl (C=O) groups excluding carboxylic acids is 2. The van der Waals surface area contributed by atoms with Crippen molar-refractivity contribution in [1.29, 1.82) is 0 Å². The van der Waals surface area contributed by atoms with E-state index in [1.165, 1.54) is 6.08 Å². The van der Waals surface area contributed by atoms with Gasteiger partial charge in [-0.15, -0.1) is 0 Å². The largest absolute Gasteiger partial charge is 0.450 e. The smallest absolute Gasteiger partial charge is 0.338 e. The van der Waals surface area contributed by atoms with Gasteiger partial charge >= 0.3 is 11.9 Å². The Morgan fingerprint density at radius 3 is 1.90 bits per heavy atom. The van der Waals surface area contributed by atoms with Crippen LogP contribution >= 0.6 is 15.9 Å². The molecule has 3 aromatic rings. The number of aromatic nitrogens is 1. The number of pyridine rings is 1. The number of halogens is 1. The molecule has 0 amide bonds. The molecule has 146 valence electrons. The normalized spacial score (nSPS) is 12.4. The first-order valence-electron chi connectivity index (χ1n) is 8.85. The Morgan fingerprint density at radius 2 is 1.38 bits per heavy atom. The van der Waals surface area contributed by atoms with Crippen LogP contribution in [0.5, 0.6) is 0 Å². The maximum Gasteiger partial charge on any atom is 0.338 e. The maximum atomic E-state index is 12.7. The molecule has 2 aromatic carbocycles. The Balaban J connectivity index is 1.89. The van der Waals surface area contributed by atoms with Crippen LogP contribution in [0, 0.1) is 0 Å². The lowest BCUT2D eigenvalue weighted by Crippen LogP contribution is -2.28. The third-order valence-corrected chi connectivity index (χ3v) is 4.50. The first-order chi connectivity index (χ1) is 14.1. The lowest BCUT2D eigenvalue weighted by molar-refractivity contribution is -0.0235. The summed E-state index contributed by atoms with van der Waals surface area (Å²) in [6.45, 7) is 3.75. The van der Waals surface area contributed by atoms with Crippen molar-refractivity contribution in [2.24, 2.45) is 0 Å². The summed E-state index contributed by atoms with van der Waals surface area (Å²) in [6, 6.07) is 22.3. The van der Waals surface area contributed by atoms with Crippen LogP contribution in [-0.4, -0.2) is 23.0 Å². The summed E-state index contributed by atoms with van der Waals surface area (Å²) in [5, 5.41) is 0. The molecule has 0 saturated carbocycles. The Labute approximate surface area is 177 Å². The lowest BCUT2D eigenvalue weighted by atomic mass is 10.1. The Morgan fingerprint density at radius 1 is 0.828 bits per heavy atom. The summed E-state index contributed by atoms with van der Waals surface area (Å²) in [5.74, 6) is -1.11. The van der Waals surface area contributed by atoms with Crippen molar-refractivity contribution in [2.75, 3.05) is 0 Å². The fraction of sp³-hybridized carbons (Fsp3) is 0.0870. The number of hydrogen-bond donors (Lipinski definition) is 0. The van der Waals surface area contributed by atoms with Gasteiger partial charge in [-0.3, -0.25) is 0 Å². The molecular weight excluding hydrogens is 434 g/mol. The van der Waals surface area contributed by atoms with Gasteiger partial charge in [0.15, 0.2) is 12.2 Å². The summed E-state index contributed by atoms with van der Waals surface area (Å²) in [6.07, 6.45) is -0.477. The fourth-order valence-electron chi connectivity index (χ4n) is 2.64. The van der Waals surface area contributed by atoms with Crippen LogP contribution in [0.15, 0.2) is 96.1 Å². The van der Waals surface area contributed by atoms with E-state index < -0.39 is 24.1 Å². The first-order valence-corrected chi connectivity index (χ1v) is 9.65. The Hall–Kier alpha value is -3.25. The highest BCUT2D eigenvalue weighted by Gasteiger charge is 2.30. The number of hydrogen-bond acceptors (Lipinski definition) is 5. The minimum Gasteiger partial charge on any atom is -0.450 e.